The van der Waals surface area contributed by atoms with E-state index in [-0.39, 0.29) is 24.3 Å². The molecule has 0 saturated carbocycles. The van der Waals surface area contributed by atoms with E-state index in [1.807, 2.05) is 60.4 Å². The number of ether oxygens (including phenoxy) is 1. The molecule has 1 atom stereocenters. The van der Waals surface area contributed by atoms with Crippen molar-refractivity contribution in [2.24, 2.45) is 0 Å². The lowest BCUT2D eigenvalue weighted by atomic mass is 10.1. The maximum Gasteiger partial charge on any atom is 0.224 e. The smallest absolute Gasteiger partial charge is 0.224 e. The van der Waals surface area contributed by atoms with Crippen LogP contribution in [0, 0.1) is 0 Å². The van der Waals surface area contributed by atoms with Crippen molar-refractivity contribution in [3.05, 3.63) is 59.9 Å². The molecule has 0 bridgehead atoms. The Hall–Kier alpha value is -3.35. The first kappa shape index (κ1) is 23.8. The first-order valence-electron chi connectivity index (χ1n) is 12.2. The summed E-state index contributed by atoms with van der Waals surface area (Å²) < 4.78 is 7.27. The summed E-state index contributed by atoms with van der Waals surface area (Å²) in [6.45, 7) is 4.20. The van der Waals surface area contributed by atoms with Gasteiger partial charge in [-0.15, -0.1) is 0 Å². The van der Waals surface area contributed by atoms with E-state index in [0.717, 1.165) is 54.1 Å². The monoisotopic (exact) mass is 462 g/mol. The predicted molar refractivity (Wildman–Crippen MR) is 133 cm³/mol. The van der Waals surface area contributed by atoms with Gasteiger partial charge in [-0.1, -0.05) is 37.1 Å². The summed E-state index contributed by atoms with van der Waals surface area (Å²) in [5.74, 6) is 1.66. The fourth-order valence-electron chi connectivity index (χ4n) is 4.63. The third kappa shape index (κ3) is 5.76. The highest BCUT2D eigenvalue weighted by atomic mass is 16.5. The molecule has 1 aliphatic heterocycles. The Labute approximate surface area is 201 Å². The first-order valence-corrected chi connectivity index (χ1v) is 12.2. The van der Waals surface area contributed by atoms with Crippen LogP contribution in [-0.2, 0) is 22.6 Å². The molecule has 180 valence electrons. The molecule has 7 nitrogen and oxygen atoms in total. The zero-order valence-electron chi connectivity index (χ0n) is 20.1. The molecule has 1 aromatic heterocycles. The molecule has 2 heterocycles. The number of hydrogen-bond donors (Lipinski definition) is 1. The Balaban J connectivity index is 1.46. The maximum absolute atomic E-state index is 12.9. The summed E-state index contributed by atoms with van der Waals surface area (Å²) in [7, 11) is 1.62. The number of para-hydroxylation sites is 2. The Morgan fingerprint density at radius 1 is 1.03 bits per heavy atom. The van der Waals surface area contributed by atoms with Crippen molar-refractivity contribution >= 4 is 22.8 Å². The molecule has 1 fully saturated rings. The van der Waals surface area contributed by atoms with Crippen molar-refractivity contribution in [2.75, 3.05) is 20.2 Å². The average molecular weight is 463 g/mol. The molecule has 1 saturated heterocycles. The molecule has 4 rings (SSSR count). The van der Waals surface area contributed by atoms with Gasteiger partial charge in [-0.2, -0.15) is 0 Å². The second kappa shape index (κ2) is 11.2. The maximum atomic E-state index is 12.9. The number of benzene rings is 2. The molecule has 2 amide bonds. The number of carbonyl (C=O) groups excluding carboxylic acids is 2. The molecule has 1 aliphatic rings. The summed E-state index contributed by atoms with van der Waals surface area (Å²) >= 11 is 0. The van der Waals surface area contributed by atoms with Crippen molar-refractivity contribution in [2.45, 2.75) is 58.0 Å². The molecular weight excluding hydrogens is 428 g/mol. The van der Waals surface area contributed by atoms with Crippen LogP contribution in [0.25, 0.3) is 11.0 Å². The average Bonchev–Trinajstić information content (AvgIpc) is 3.00. The number of carbonyl (C=O) groups is 2. The number of fused-ring (bicyclic) bond motifs is 1. The molecule has 1 unspecified atom stereocenters. The van der Waals surface area contributed by atoms with Crippen LogP contribution in [0.3, 0.4) is 0 Å². The van der Waals surface area contributed by atoms with Crippen LogP contribution in [0.2, 0.25) is 0 Å². The number of amides is 2. The molecule has 1 N–H and O–H groups in total. The summed E-state index contributed by atoms with van der Waals surface area (Å²) in [5, 5.41) is 3.09. The Morgan fingerprint density at radius 3 is 2.44 bits per heavy atom. The lowest BCUT2D eigenvalue weighted by Crippen LogP contribution is -2.33. The van der Waals surface area contributed by atoms with Gasteiger partial charge in [-0.25, -0.2) is 4.98 Å². The molecule has 0 radical (unpaired) electrons. The molecule has 7 heteroatoms. The predicted octanol–water partition coefficient (Wildman–Crippen LogP) is 4.26. The minimum absolute atomic E-state index is 0.0723. The Bertz CT molecular complexity index is 1110. The topological polar surface area (TPSA) is 76.5 Å². The number of aryl methyl sites for hydroxylation is 1. The SMILES string of the molecule is COc1ccc(CC(=O)NC(C)c2nc3ccccc3n2CCC(=O)N2CCCCCC2)cc1. The van der Waals surface area contributed by atoms with Crippen molar-refractivity contribution in [3.8, 4) is 5.75 Å². The van der Waals surface area contributed by atoms with Crippen molar-refractivity contribution in [1.29, 1.82) is 0 Å². The van der Waals surface area contributed by atoms with E-state index >= 15 is 0 Å². The van der Waals surface area contributed by atoms with E-state index in [0.29, 0.717) is 13.0 Å². The highest BCUT2D eigenvalue weighted by molar-refractivity contribution is 5.80. The largest absolute Gasteiger partial charge is 0.497 e. The number of methoxy groups -OCH3 is 1. The standard InChI is InChI=1S/C27H34N4O3/c1-20(28-25(32)19-21-11-13-22(34-2)14-12-21)27-29-23-9-5-6-10-24(23)31(27)18-15-26(33)30-16-7-3-4-8-17-30/h5-6,9-14,20H,3-4,7-8,15-19H2,1-2H3,(H,28,32). The second-order valence-corrected chi connectivity index (χ2v) is 8.97. The summed E-state index contributed by atoms with van der Waals surface area (Å²) in [6.07, 6.45) is 5.29. The van der Waals surface area contributed by atoms with Gasteiger partial charge in [0.1, 0.15) is 11.6 Å². The third-order valence-corrected chi connectivity index (χ3v) is 6.48. The lowest BCUT2D eigenvalue weighted by Gasteiger charge is -2.21. The van der Waals surface area contributed by atoms with Gasteiger partial charge in [0.05, 0.1) is 30.6 Å². The number of likely N-dealkylation sites (tertiary alicyclic amines) is 1. The highest BCUT2D eigenvalue weighted by Crippen LogP contribution is 2.22. The number of imidazole rings is 1. The second-order valence-electron chi connectivity index (χ2n) is 8.97. The number of hydrogen-bond acceptors (Lipinski definition) is 4. The quantitative estimate of drug-likeness (QED) is 0.543. The third-order valence-electron chi connectivity index (χ3n) is 6.48. The van der Waals surface area contributed by atoms with Crippen molar-refractivity contribution < 1.29 is 14.3 Å². The Kier molecular flexibility index (Phi) is 7.83. The van der Waals surface area contributed by atoms with Gasteiger partial charge in [-0.3, -0.25) is 9.59 Å². The van der Waals surface area contributed by atoms with Crippen molar-refractivity contribution in [3.63, 3.8) is 0 Å². The highest BCUT2D eigenvalue weighted by Gasteiger charge is 2.21. The van der Waals surface area contributed by atoms with Gasteiger partial charge in [0.2, 0.25) is 11.8 Å². The fraction of sp³-hybridized carbons (Fsp3) is 0.444. The summed E-state index contributed by atoms with van der Waals surface area (Å²) in [5.41, 5.74) is 2.77. The fourth-order valence-corrected chi connectivity index (χ4v) is 4.63. The summed E-state index contributed by atoms with van der Waals surface area (Å²) in [4.78, 5) is 32.5. The van der Waals surface area contributed by atoms with E-state index < -0.39 is 0 Å². The van der Waals surface area contributed by atoms with Crippen LogP contribution >= 0.6 is 0 Å². The first-order chi connectivity index (χ1) is 16.5. The van der Waals surface area contributed by atoms with E-state index in [1.54, 1.807) is 7.11 Å². The normalized spacial score (nSPS) is 15.1. The van der Waals surface area contributed by atoms with Gasteiger partial charge < -0.3 is 19.5 Å². The van der Waals surface area contributed by atoms with E-state index in [2.05, 4.69) is 9.88 Å². The van der Waals surface area contributed by atoms with Crippen LogP contribution < -0.4 is 10.1 Å². The zero-order chi connectivity index (χ0) is 23.9. The van der Waals surface area contributed by atoms with Crippen LogP contribution in [0.4, 0.5) is 0 Å². The molecule has 0 spiro atoms. The number of nitrogens with zero attached hydrogens (tertiary/aromatic N) is 3. The molecular formula is C27H34N4O3. The van der Waals surface area contributed by atoms with Gasteiger partial charge >= 0.3 is 0 Å². The van der Waals surface area contributed by atoms with E-state index in [9.17, 15) is 9.59 Å². The molecule has 2 aromatic carbocycles. The van der Waals surface area contributed by atoms with E-state index in [1.165, 1.54) is 12.8 Å². The molecule has 0 aliphatic carbocycles. The zero-order valence-corrected chi connectivity index (χ0v) is 20.1. The van der Waals surface area contributed by atoms with Crippen molar-refractivity contribution in [1.82, 2.24) is 19.8 Å². The van der Waals surface area contributed by atoms with Gasteiger partial charge in [-0.05, 0) is 49.6 Å². The van der Waals surface area contributed by atoms with Gasteiger partial charge in [0.15, 0.2) is 0 Å². The van der Waals surface area contributed by atoms with E-state index in [4.69, 9.17) is 9.72 Å². The van der Waals surface area contributed by atoms with Gasteiger partial charge in [0.25, 0.3) is 0 Å². The lowest BCUT2D eigenvalue weighted by molar-refractivity contribution is -0.131. The van der Waals surface area contributed by atoms with Crippen LogP contribution in [-0.4, -0.2) is 46.5 Å². The molecule has 34 heavy (non-hydrogen) atoms. The van der Waals surface area contributed by atoms with Crippen LogP contribution in [0.5, 0.6) is 5.75 Å². The number of rotatable bonds is 8. The minimum Gasteiger partial charge on any atom is -0.497 e. The van der Waals surface area contributed by atoms with Crippen LogP contribution in [0.15, 0.2) is 48.5 Å². The Morgan fingerprint density at radius 2 is 1.74 bits per heavy atom. The molecule has 3 aromatic rings. The minimum atomic E-state index is -0.286. The van der Waals surface area contributed by atoms with Gasteiger partial charge in [0, 0.05) is 26.1 Å². The van der Waals surface area contributed by atoms with Crippen LogP contribution in [0.1, 0.15) is 56.5 Å². The summed E-state index contributed by atoms with van der Waals surface area (Å²) in [6, 6.07) is 15.1. The number of nitrogens with one attached hydrogen (secondary N) is 1. The number of aromatic nitrogens is 2.